The summed E-state index contributed by atoms with van der Waals surface area (Å²) in [6.07, 6.45) is 4.33. The van der Waals surface area contributed by atoms with E-state index in [0.717, 1.165) is 78.3 Å². The number of H-pyrrole nitrogens is 2. The maximum Gasteiger partial charge on any atom is 0.0737 e. The molecule has 0 saturated heterocycles. The van der Waals surface area contributed by atoms with E-state index in [9.17, 15) is 0 Å². The molecule has 0 amide bonds. The summed E-state index contributed by atoms with van der Waals surface area (Å²) in [5.74, 6) is -0.0316. The molecule has 3 aromatic heterocycles. The average Bonchev–Trinajstić information content (AvgIpc) is 3.98. The molecule has 0 aliphatic carbocycles. The topological polar surface area (TPSA) is 48.9 Å². The van der Waals surface area contributed by atoms with Gasteiger partial charge >= 0.3 is 0 Å². The first kappa shape index (κ1) is 28.8. The second kappa shape index (κ2) is 12.0. The number of aromatic nitrogens is 3. The van der Waals surface area contributed by atoms with Gasteiger partial charge in [0, 0.05) is 46.5 Å². The normalized spacial score (nSPS) is 17.0. The number of aliphatic imine (C=N–C) groups is 1. The van der Waals surface area contributed by atoms with Crippen molar-refractivity contribution >= 4 is 22.4 Å². The SMILES string of the molecule is Cn1c2ccc1=C(c1ccccc1)c1ccc([nH]1)C(c1ccccc1)c1ccc([nH]1)/C(c1ccccc1)=C1/C=CC(=N1)C=2c1ccccc1. The fourth-order valence-corrected chi connectivity index (χ4v) is 7.40. The van der Waals surface area contributed by atoms with Crippen molar-refractivity contribution in [1.29, 1.82) is 0 Å². The number of allylic oxidation sites excluding steroid dienone is 2. The molecule has 49 heavy (non-hydrogen) atoms. The quantitative estimate of drug-likeness (QED) is 0.198. The highest BCUT2D eigenvalue weighted by atomic mass is 14.9. The van der Waals surface area contributed by atoms with Crippen LogP contribution in [0.2, 0.25) is 0 Å². The van der Waals surface area contributed by atoms with E-state index in [4.69, 9.17) is 4.99 Å². The Kier molecular flexibility index (Phi) is 7.06. The Hall–Kier alpha value is -6.39. The van der Waals surface area contributed by atoms with E-state index in [1.54, 1.807) is 0 Å². The molecule has 4 nitrogen and oxygen atoms in total. The van der Waals surface area contributed by atoms with Crippen LogP contribution in [0.25, 0.3) is 16.7 Å². The third kappa shape index (κ3) is 5.06. The zero-order valence-electron chi connectivity index (χ0n) is 27.1. The highest BCUT2D eigenvalue weighted by molar-refractivity contribution is 6.30. The van der Waals surface area contributed by atoms with Crippen LogP contribution in [0.1, 0.15) is 50.9 Å². The third-order valence-electron chi connectivity index (χ3n) is 9.68. The Bertz CT molecular complexity index is 2520. The zero-order valence-corrected chi connectivity index (χ0v) is 27.1. The average molecular weight is 631 g/mol. The van der Waals surface area contributed by atoms with E-state index >= 15 is 0 Å². The van der Waals surface area contributed by atoms with E-state index in [2.05, 4.69) is 191 Å². The van der Waals surface area contributed by atoms with Gasteiger partial charge in [0.05, 0.1) is 28.0 Å². The van der Waals surface area contributed by atoms with Crippen LogP contribution in [0.15, 0.2) is 181 Å². The molecule has 4 aromatic carbocycles. The van der Waals surface area contributed by atoms with Crippen LogP contribution in [0.4, 0.5) is 0 Å². The molecule has 0 saturated carbocycles. The van der Waals surface area contributed by atoms with E-state index in [1.165, 1.54) is 5.56 Å². The van der Waals surface area contributed by atoms with Crippen molar-refractivity contribution in [3.8, 4) is 0 Å². The summed E-state index contributed by atoms with van der Waals surface area (Å²) in [5, 5.41) is 2.22. The second-order valence-electron chi connectivity index (χ2n) is 12.6. The Morgan fingerprint density at radius 1 is 0.469 bits per heavy atom. The first-order chi connectivity index (χ1) is 24.2. The molecule has 2 N–H and O–H groups in total. The van der Waals surface area contributed by atoms with Crippen LogP contribution < -0.4 is 10.7 Å². The second-order valence-corrected chi connectivity index (χ2v) is 12.6. The van der Waals surface area contributed by atoms with Gasteiger partial charge in [-0.2, -0.15) is 0 Å². The predicted molar refractivity (Wildman–Crippen MR) is 200 cm³/mol. The Labute approximate surface area is 285 Å². The molecule has 234 valence electrons. The molecule has 0 fully saturated rings. The van der Waals surface area contributed by atoms with Crippen molar-refractivity contribution in [1.82, 2.24) is 14.5 Å². The highest BCUT2D eigenvalue weighted by Gasteiger charge is 2.25. The first-order valence-corrected chi connectivity index (χ1v) is 16.7. The number of nitrogens with zero attached hydrogens (tertiary/aromatic N) is 2. The van der Waals surface area contributed by atoms with Gasteiger partial charge in [0.15, 0.2) is 0 Å². The van der Waals surface area contributed by atoms with E-state index in [0.29, 0.717) is 0 Å². The largest absolute Gasteiger partial charge is 0.357 e. The molecule has 1 unspecified atom stereocenters. The molecule has 2 aliphatic rings. The summed E-state index contributed by atoms with van der Waals surface area (Å²) in [6.45, 7) is 0. The van der Waals surface area contributed by atoms with Crippen LogP contribution in [-0.2, 0) is 7.05 Å². The van der Waals surface area contributed by atoms with Gasteiger partial charge in [-0.15, -0.1) is 0 Å². The number of benzene rings is 4. The number of fused-ring (bicyclic) bond motifs is 7. The number of nitrogens with one attached hydrogen (secondary N) is 2. The van der Waals surface area contributed by atoms with Crippen molar-refractivity contribution in [3.63, 3.8) is 0 Å². The van der Waals surface area contributed by atoms with Gasteiger partial charge in [-0.1, -0.05) is 121 Å². The lowest BCUT2D eigenvalue weighted by Crippen LogP contribution is -2.29. The van der Waals surface area contributed by atoms with E-state index in [-0.39, 0.29) is 5.92 Å². The minimum Gasteiger partial charge on any atom is -0.357 e. The van der Waals surface area contributed by atoms with Gasteiger partial charge in [0.2, 0.25) is 0 Å². The van der Waals surface area contributed by atoms with E-state index in [1.807, 2.05) is 0 Å². The zero-order chi connectivity index (χ0) is 32.7. The smallest absolute Gasteiger partial charge is 0.0737 e. The third-order valence-corrected chi connectivity index (χ3v) is 9.68. The molecule has 8 bridgehead atoms. The summed E-state index contributed by atoms with van der Waals surface area (Å²) in [4.78, 5) is 13.2. The summed E-state index contributed by atoms with van der Waals surface area (Å²) in [7, 11) is 2.17. The minimum atomic E-state index is -0.0316. The van der Waals surface area contributed by atoms with E-state index < -0.39 is 0 Å². The van der Waals surface area contributed by atoms with Crippen molar-refractivity contribution < 1.29 is 0 Å². The molecule has 0 radical (unpaired) electrons. The Morgan fingerprint density at radius 3 is 1.51 bits per heavy atom. The number of rotatable bonds is 4. The number of aromatic amines is 2. The predicted octanol–water partition coefficient (Wildman–Crippen LogP) is 8.09. The van der Waals surface area contributed by atoms with Gasteiger partial charge in [-0.3, -0.25) is 0 Å². The molecule has 9 rings (SSSR count). The molecular formula is C45H34N4. The van der Waals surface area contributed by atoms with Gasteiger partial charge < -0.3 is 14.5 Å². The van der Waals surface area contributed by atoms with Crippen molar-refractivity contribution in [2.24, 2.45) is 12.0 Å². The summed E-state index contributed by atoms with van der Waals surface area (Å²) in [6, 6.07) is 56.0. The highest BCUT2D eigenvalue weighted by Crippen LogP contribution is 2.36. The van der Waals surface area contributed by atoms with Gasteiger partial charge in [-0.05, 0) is 70.8 Å². The summed E-state index contributed by atoms with van der Waals surface area (Å²) >= 11 is 0. The first-order valence-electron chi connectivity index (χ1n) is 16.7. The van der Waals surface area contributed by atoms with Crippen LogP contribution in [0.5, 0.6) is 0 Å². The lowest BCUT2D eigenvalue weighted by molar-refractivity contribution is 0.852. The van der Waals surface area contributed by atoms with Gasteiger partial charge in [-0.25, -0.2) is 4.99 Å². The lowest BCUT2D eigenvalue weighted by Gasteiger charge is -2.17. The number of hydrogen-bond donors (Lipinski definition) is 2. The fraction of sp³-hybridized carbons (Fsp3) is 0.0444. The lowest BCUT2D eigenvalue weighted by atomic mass is 9.93. The van der Waals surface area contributed by atoms with Gasteiger partial charge in [0.25, 0.3) is 0 Å². The molecule has 5 heterocycles. The fourth-order valence-electron chi connectivity index (χ4n) is 7.40. The maximum atomic E-state index is 5.41. The molecule has 1 atom stereocenters. The standard InChI is InChI=1S/C45H34N4/c1-49-40-28-29-41(49)45(33-20-12-5-13-21-33)39-27-25-37(48-39)43(31-16-8-3-9-17-31)35-23-22-34(46-35)42(30-14-6-2-7-15-30)36-24-26-38(47-36)44(40)32-18-10-4-11-19-32/h2-29,42,46-47H,1H3/b43-37-,44-40?,45-41?. The van der Waals surface area contributed by atoms with Crippen LogP contribution in [0, 0.1) is 0 Å². The van der Waals surface area contributed by atoms with Gasteiger partial charge in [0.1, 0.15) is 0 Å². The molecule has 7 aromatic rings. The minimum absolute atomic E-state index is 0.0316. The monoisotopic (exact) mass is 630 g/mol. The van der Waals surface area contributed by atoms with Crippen molar-refractivity contribution in [2.45, 2.75) is 5.92 Å². The van der Waals surface area contributed by atoms with Crippen molar-refractivity contribution in [2.75, 3.05) is 0 Å². The van der Waals surface area contributed by atoms with Crippen molar-refractivity contribution in [3.05, 3.63) is 231 Å². The molecule has 2 aliphatic heterocycles. The number of hydrogen-bond acceptors (Lipinski definition) is 1. The molecule has 0 spiro atoms. The summed E-state index contributed by atoms with van der Waals surface area (Å²) < 4.78 is 2.32. The molecular weight excluding hydrogens is 597 g/mol. The Balaban J connectivity index is 1.42. The van der Waals surface area contributed by atoms with Crippen LogP contribution in [0.3, 0.4) is 0 Å². The van der Waals surface area contributed by atoms with Crippen LogP contribution >= 0.6 is 0 Å². The summed E-state index contributed by atoms with van der Waals surface area (Å²) in [5.41, 5.74) is 14.1. The maximum absolute atomic E-state index is 5.41. The molecule has 4 heteroatoms. The van der Waals surface area contributed by atoms with Crippen LogP contribution in [-0.4, -0.2) is 20.2 Å². The Morgan fingerprint density at radius 2 is 0.939 bits per heavy atom.